The molecule has 86 valence electrons. The van der Waals surface area contributed by atoms with Crippen molar-refractivity contribution < 1.29 is 0 Å². The lowest BCUT2D eigenvalue weighted by atomic mass is 10.3. The van der Waals surface area contributed by atoms with Crippen LogP contribution in [-0.2, 0) is 6.42 Å². The number of nitrogens with one attached hydrogen (secondary N) is 1. The number of aromatic nitrogens is 2. The minimum Gasteiger partial charge on any atom is -0.361 e. The molecule has 0 aliphatic rings. The molecule has 2 heterocycles. The maximum atomic E-state index is 4.52. The summed E-state index contributed by atoms with van der Waals surface area (Å²) in [5.41, 5.74) is 4.07. The van der Waals surface area contributed by atoms with Crippen LogP contribution >= 0.6 is 22.7 Å². The number of thiazole rings is 2. The van der Waals surface area contributed by atoms with Gasteiger partial charge in [0.05, 0.1) is 21.4 Å². The van der Waals surface area contributed by atoms with Crippen molar-refractivity contribution in [1.82, 2.24) is 9.97 Å². The lowest BCUT2D eigenvalue weighted by Gasteiger charge is -1.99. The molecule has 0 aliphatic carbocycles. The van der Waals surface area contributed by atoms with Crippen molar-refractivity contribution in [3.8, 4) is 0 Å². The predicted octanol–water partition coefficient (Wildman–Crippen LogP) is 3.41. The quantitative estimate of drug-likeness (QED) is 0.782. The van der Waals surface area contributed by atoms with Gasteiger partial charge in [0.2, 0.25) is 0 Å². The Morgan fingerprint density at radius 2 is 2.18 bits per heavy atom. The fraction of sp³-hybridized carbons (Fsp3) is 0.167. The minimum absolute atomic E-state index is 0.879. The van der Waals surface area contributed by atoms with Gasteiger partial charge < -0.3 is 5.32 Å². The molecule has 0 aliphatic heterocycles. The number of rotatable bonds is 4. The van der Waals surface area contributed by atoms with Crippen molar-refractivity contribution in [2.75, 3.05) is 11.9 Å². The average Bonchev–Trinajstić information content (AvgIpc) is 2.96. The van der Waals surface area contributed by atoms with Gasteiger partial charge in [-0.05, 0) is 12.1 Å². The molecule has 1 N–H and O–H groups in total. The maximum absolute atomic E-state index is 4.52. The van der Waals surface area contributed by atoms with E-state index in [4.69, 9.17) is 0 Å². The molecule has 0 amide bonds. The van der Waals surface area contributed by atoms with Crippen LogP contribution < -0.4 is 5.32 Å². The fourth-order valence-electron chi connectivity index (χ4n) is 1.61. The first-order valence-electron chi connectivity index (χ1n) is 5.38. The third kappa shape index (κ3) is 2.45. The third-order valence-electron chi connectivity index (χ3n) is 2.43. The number of hydrogen-bond acceptors (Lipinski definition) is 5. The van der Waals surface area contributed by atoms with Crippen LogP contribution in [0.2, 0.25) is 0 Å². The first-order valence-corrected chi connectivity index (χ1v) is 7.14. The van der Waals surface area contributed by atoms with Crippen LogP contribution in [0.25, 0.3) is 10.2 Å². The van der Waals surface area contributed by atoms with E-state index in [9.17, 15) is 0 Å². The Morgan fingerprint density at radius 1 is 1.24 bits per heavy atom. The van der Waals surface area contributed by atoms with E-state index in [1.54, 1.807) is 22.7 Å². The summed E-state index contributed by atoms with van der Waals surface area (Å²) in [6, 6.07) is 8.19. The van der Waals surface area contributed by atoms with E-state index in [1.165, 1.54) is 4.70 Å². The zero-order valence-electron chi connectivity index (χ0n) is 9.09. The van der Waals surface area contributed by atoms with Gasteiger partial charge in [-0.3, -0.25) is 0 Å². The first kappa shape index (κ1) is 10.7. The molecule has 0 bridgehead atoms. The van der Waals surface area contributed by atoms with E-state index in [2.05, 4.69) is 26.7 Å². The molecular formula is C12H11N3S2. The van der Waals surface area contributed by atoms with Crippen LogP contribution in [0.4, 0.5) is 5.13 Å². The van der Waals surface area contributed by atoms with Gasteiger partial charge in [0.15, 0.2) is 5.13 Å². The van der Waals surface area contributed by atoms with Crippen LogP contribution in [-0.4, -0.2) is 16.5 Å². The van der Waals surface area contributed by atoms with Crippen molar-refractivity contribution >= 4 is 38.0 Å². The van der Waals surface area contributed by atoms with Crippen molar-refractivity contribution in [2.24, 2.45) is 0 Å². The number of hydrogen-bond donors (Lipinski definition) is 1. The van der Waals surface area contributed by atoms with Crippen LogP contribution in [0.1, 0.15) is 5.69 Å². The van der Waals surface area contributed by atoms with Gasteiger partial charge in [-0.25, -0.2) is 9.97 Å². The van der Waals surface area contributed by atoms with Crippen LogP contribution in [0, 0.1) is 0 Å². The zero-order valence-corrected chi connectivity index (χ0v) is 10.7. The summed E-state index contributed by atoms with van der Waals surface area (Å²) in [6.07, 6.45) is 0.944. The molecule has 0 radical (unpaired) electrons. The summed E-state index contributed by atoms with van der Waals surface area (Å²) in [5.74, 6) is 0. The molecule has 2 aromatic heterocycles. The van der Waals surface area contributed by atoms with Gasteiger partial charge in [-0.2, -0.15) is 0 Å². The molecule has 0 fully saturated rings. The van der Waals surface area contributed by atoms with E-state index in [-0.39, 0.29) is 0 Å². The topological polar surface area (TPSA) is 37.8 Å². The average molecular weight is 261 g/mol. The van der Waals surface area contributed by atoms with E-state index in [1.807, 2.05) is 23.7 Å². The van der Waals surface area contributed by atoms with Gasteiger partial charge in [0, 0.05) is 18.3 Å². The second-order valence-corrected chi connectivity index (χ2v) is 5.39. The summed E-state index contributed by atoms with van der Waals surface area (Å²) in [7, 11) is 0. The molecule has 5 heteroatoms. The van der Waals surface area contributed by atoms with Gasteiger partial charge in [0.25, 0.3) is 0 Å². The monoisotopic (exact) mass is 261 g/mol. The normalized spacial score (nSPS) is 10.8. The van der Waals surface area contributed by atoms with Gasteiger partial charge >= 0.3 is 0 Å². The summed E-state index contributed by atoms with van der Waals surface area (Å²) < 4.78 is 1.23. The molecule has 0 atom stereocenters. The number of fused-ring (bicyclic) bond motifs is 1. The highest BCUT2D eigenvalue weighted by Crippen LogP contribution is 2.25. The highest BCUT2D eigenvalue weighted by atomic mass is 32.1. The number of benzene rings is 1. The Hall–Kier alpha value is -1.46. The summed E-state index contributed by atoms with van der Waals surface area (Å²) in [6.45, 7) is 0.879. The van der Waals surface area contributed by atoms with Gasteiger partial charge in [0.1, 0.15) is 0 Å². The van der Waals surface area contributed by atoms with Crippen molar-refractivity contribution in [2.45, 2.75) is 6.42 Å². The summed E-state index contributed by atoms with van der Waals surface area (Å²) >= 11 is 3.33. The minimum atomic E-state index is 0.879. The van der Waals surface area contributed by atoms with E-state index in [0.717, 1.165) is 29.3 Å². The zero-order chi connectivity index (χ0) is 11.5. The maximum Gasteiger partial charge on any atom is 0.183 e. The molecule has 0 spiro atoms. The SMILES string of the molecule is c1ccc2sc(NCCc3cscn3)nc2c1. The number of anilines is 1. The summed E-state index contributed by atoms with van der Waals surface area (Å²) in [4.78, 5) is 8.77. The molecule has 1 aromatic carbocycles. The highest BCUT2D eigenvalue weighted by molar-refractivity contribution is 7.22. The molecule has 3 nitrogen and oxygen atoms in total. The van der Waals surface area contributed by atoms with Crippen molar-refractivity contribution in [3.05, 3.63) is 40.8 Å². The molecule has 3 aromatic rings. The van der Waals surface area contributed by atoms with Crippen LogP contribution in [0.5, 0.6) is 0 Å². The van der Waals surface area contributed by atoms with Crippen molar-refractivity contribution in [3.63, 3.8) is 0 Å². The Bertz CT molecular complexity index is 568. The Morgan fingerprint density at radius 3 is 3.00 bits per heavy atom. The Balaban J connectivity index is 1.65. The van der Waals surface area contributed by atoms with Crippen molar-refractivity contribution in [1.29, 1.82) is 0 Å². The lowest BCUT2D eigenvalue weighted by molar-refractivity contribution is 0.975. The fourth-order valence-corrected chi connectivity index (χ4v) is 3.09. The largest absolute Gasteiger partial charge is 0.361 e. The molecule has 0 saturated carbocycles. The molecular weight excluding hydrogens is 250 g/mol. The van der Waals surface area contributed by atoms with E-state index in [0.29, 0.717) is 0 Å². The van der Waals surface area contributed by atoms with E-state index < -0.39 is 0 Å². The van der Waals surface area contributed by atoms with Gasteiger partial charge in [-0.1, -0.05) is 23.5 Å². The molecule has 3 rings (SSSR count). The second-order valence-electron chi connectivity index (χ2n) is 3.64. The van der Waals surface area contributed by atoms with Crippen LogP contribution in [0.15, 0.2) is 35.2 Å². The Kier molecular flexibility index (Phi) is 3.02. The number of para-hydroxylation sites is 1. The summed E-state index contributed by atoms with van der Waals surface area (Å²) in [5, 5.41) is 6.42. The number of nitrogens with zero attached hydrogens (tertiary/aromatic N) is 2. The van der Waals surface area contributed by atoms with Crippen LogP contribution in [0.3, 0.4) is 0 Å². The molecule has 0 unspecified atom stereocenters. The molecule has 17 heavy (non-hydrogen) atoms. The Labute approximate surface area is 107 Å². The standard InChI is InChI=1S/C12H11N3S2/c1-2-4-11-10(3-1)15-12(17-11)13-6-5-9-7-16-8-14-9/h1-4,7-8H,5-6H2,(H,13,15). The second kappa shape index (κ2) is 4.81. The third-order valence-corrected chi connectivity index (χ3v) is 4.06. The molecule has 0 saturated heterocycles. The lowest BCUT2D eigenvalue weighted by Crippen LogP contribution is -2.04. The van der Waals surface area contributed by atoms with Gasteiger partial charge in [-0.15, -0.1) is 11.3 Å². The smallest absolute Gasteiger partial charge is 0.183 e. The predicted molar refractivity (Wildman–Crippen MR) is 73.9 cm³/mol. The highest BCUT2D eigenvalue weighted by Gasteiger charge is 2.02. The van der Waals surface area contributed by atoms with E-state index >= 15 is 0 Å². The first-order chi connectivity index (χ1) is 8.42.